The molecule has 0 N–H and O–H groups in total. The Balaban J connectivity index is 2.68. The zero-order valence-electron chi connectivity index (χ0n) is 4.13. The molecule has 0 aliphatic carbocycles. The summed E-state index contributed by atoms with van der Waals surface area (Å²) in [5, 5.41) is 0. The summed E-state index contributed by atoms with van der Waals surface area (Å²) in [6, 6.07) is 0. The van der Waals surface area contributed by atoms with E-state index in [0.717, 1.165) is 0 Å². The van der Waals surface area contributed by atoms with Crippen molar-refractivity contribution in [2.45, 2.75) is 0 Å². The van der Waals surface area contributed by atoms with Gasteiger partial charge in [0.2, 0.25) is 0 Å². The summed E-state index contributed by atoms with van der Waals surface area (Å²) in [6.45, 7) is 7.00. The Morgan fingerprint density at radius 1 is 1.00 bits per heavy atom. The van der Waals surface area contributed by atoms with Crippen LogP contribution in [0.1, 0.15) is 0 Å². The molecule has 0 rings (SSSR count). The molecular weight excluding hydrogens is 104 g/mol. The summed E-state index contributed by atoms with van der Waals surface area (Å²) in [4.78, 5) is 0. The number of hydrogen-bond donors (Lipinski definition) is 0. The van der Waals surface area contributed by atoms with E-state index >= 15 is 0 Å². The van der Waals surface area contributed by atoms with E-state index in [4.69, 9.17) is 0 Å². The highest BCUT2D eigenvalue weighted by Gasteiger charge is 1.75. The minimum Gasteiger partial charge on any atom is -0.144 e. The van der Waals surface area contributed by atoms with Gasteiger partial charge in [0.05, 0.1) is 0 Å². The molecule has 0 aliphatic rings. The van der Waals surface area contributed by atoms with E-state index in [1.807, 2.05) is 11.5 Å². The standard InChI is InChI=1S/C6H8S/c1-3-5-7-6-4-2/h3-6H,1-2H2. The highest BCUT2D eigenvalue weighted by atomic mass is 32.2. The minimum atomic E-state index is 1.57. The van der Waals surface area contributed by atoms with Gasteiger partial charge in [-0.05, 0) is 0 Å². The van der Waals surface area contributed by atoms with Crippen LogP contribution in [-0.2, 0) is 0 Å². The quantitative estimate of drug-likeness (QED) is 0.503. The second-order valence-corrected chi connectivity index (χ2v) is 1.70. The molecule has 0 aromatic heterocycles. The average Bonchev–Trinajstić information content (AvgIpc) is 1.69. The second-order valence-electron chi connectivity index (χ2n) is 0.880. The van der Waals surface area contributed by atoms with Gasteiger partial charge in [-0.1, -0.05) is 12.2 Å². The maximum Gasteiger partial charge on any atom is 0.0385 e. The summed E-state index contributed by atoms with van der Waals surface area (Å²) < 4.78 is 0. The molecule has 0 heterocycles. The number of hydrogen-bond acceptors (Lipinski definition) is 1. The van der Waals surface area contributed by atoms with Crippen molar-refractivity contribution in [2.24, 2.45) is 0 Å². The molecule has 2 radical (unpaired) electrons. The van der Waals surface area contributed by atoms with Crippen LogP contribution in [0, 0.1) is 11.5 Å². The molecule has 0 aromatic rings. The summed E-state index contributed by atoms with van der Waals surface area (Å²) in [6.07, 6.45) is 3.48. The molecule has 0 bridgehead atoms. The lowest BCUT2D eigenvalue weighted by molar-refractivity contribution is 2.02. The average molecular weight is 112 g/mol. The molecule has 38 valence electrons. The van der Waals surface area contributed by atoms with Gasteiger partial charge in [0, 0.05) is 11.5 Å². The van der Waals surface area contributed by atoms with Gasteiger partial charge in [0.1, 0.15) is 0 Å². The molecule has 0 fully saturated rings. The van der Waals surface area contributed by atoms with Crippen LogP contribution in [0.4, 0.5) is 0 Å². The Labute approximate surface area is 49.3 Å². The Bertz CT molecular complexity index is 49.2. The van der Waals surface area contributed by atoms with Crippen LogP contribution in [0.15, 0.2) is 25.3 Å². The molecule has 0 nitrogen and oxygen atoms in total. The molecule has 0 saturated heterocycles. The van der Waals surface area contributed by atoms with E-state index in [0.29, 0.717) is 0 Å². The Morgan fingerprint density at radius 3 is 1.71 bits per heavy atom. The maximum absolute atomic E-state index is 3.50. The van der Waals surface area contributed by atoms with Crippen molar-refractivity contribution >= 4 is 11.8 Å². The van der Waals surface area contributed by atoms with Gasteiger partial charge in [0.15, 0.2) is 0 Å². The highest BCUT2D eigenvalue weighted by molar-refractivity contribution is 8.03. The molecular formula is C6H8S. The first-order valence-electron chi connectivity index (χ1n) is 1.95. The summed E-state index contributed by atoms with van der Waals surface area (Å²) >= 11 is 1.57. The van der Waals surface area contributed by atoms with Crippen molar-refractivity contribution in [2.75, 3.05) is 0 Å². The first kappa shape index (κ1) is 6.83. The van der Waals surface area contributed by atoms with Crippen molar-refractivity contribution in [3.05, 3.63) is 36.8 Å². The normalized spacial score (nSPS) is 8.00. The topological polar surface area (TPSA) is 0 Å². The Morgan fingerprint density at radius 2 is 1.43 bits per heavy atom. The summed E-state index contributed by atoms with van der Waals surface area (Å²) in [7, 11) is 0. The highest BCUT2D eigenvalue weighted by Crippen LogP contribution is 2.08. The Kier molecular flexibility index (Phi) is 5.69. The fourth-order valence-corrected chi connectivity index (χ4v) is 0.469. The van der Waals surface area contributed by atoms with Gasteiger partial charge in [-0.25, -0.2) is 0 Å². The first-order valence-corrected chi connectivity index (χ1v) is 2.90. The van der Waals surface area contributed by atoms with Gasteiger partial charge < -0.3 is 0 Å². The van der Waals surface area contributed by atoms with Gasteiger partial charge in [-0.3, -0.25) is 0 Å². The number of thioether (sulfide) groups is 1. The fourth-order valence-electron chi connectivity index (χ4n) is 0.156. The predicted octanol–water partition coefficient (Wildman–Crippen LogP) is 2.42. The van der Waals surface area contributed by atoms with Crippen LogP contribution < -0.4 is 0 Å². The van der Waals surface area contributed by atoms with Crippen molar-refractivity contribution in [3.63, 3.8) is 0 Å². The van der Waals surface area contributed by atoms with E-state index in [2.05, 4.69) is 13.2 Å². The molecule has 0 spiro atoms. The van der Waals surface area contributed by atoms with Crippen molar-refractivity contribution in [1.82, 2.24) is 0 Å². The molecule has 0 atom stereocenters. The van der Waals surface area contributed by atoms with Gasteiger partial charge in [0.25, 0.3) is 0 Å². The van der Waals surface area contributed by atoms with Crippen LogP contribution in [0.5, 0.6) is 0 Å². The van der Waals surface area contributed by atoms with Gasteiger partial charge in [-0.2, -0.15) is 0 Å². The van der Waals surface area contributed by atoms with Crippen LogP contribution in [0.2, 0.25) is 0 Å². The molecule has 0 unspecified atom stereocenters. The largest absolute Gasteiger partial charge is 0.144 e. The van der Waals surface area contributed by atoms with Crippen LogP contribution in [0.3, 0.4) is 0 Å². The molecule has 1 heteroatoms. The third kappa shape index (κ3) is 5.83. The minimum absolute atomic E-state index is 1.57. The SMILES string of the molecule is C=C[CH]S[CH]C=C. The lowest BCUT2D eigenvalue weighted by Gasteiger charge is -1.83. The molecule has 7 heavy (non-hydrogen) atoms. The predicted molar refractivity (Wildman–Crippen MR) is 36.6 cm³/mol. The summed E-state index contributed by atoms with van der Waals surface area (Å²) in [5.74, 6) is 3.78. The van der Waals surface area contributed by atoms with E-state index in [9.17, 15) is 0 Å². The van der Waals surface area contributed by atoms with E-state index in [1.54, 1.807) is 23.9 Å². The van der Waals surface area contributed by atoms with Crippen molar-refractivity contribution < 1.29 is 0 Å². The molecule has 0 amide bonds. The number of rotatable bonds is 4. The van der Waals surface area contributed by atoms with Crippen LogP contribution >= 0.6 is 11.8 Å². The molecule has 0 saturated carbocycles. The van der Waals surface area contributed by atoms with Crippen molar-refractivity contribution in [3.8, 4) is 0 Å². The van der Waals surface area contributed by atoms with E-state index in [1.165, 1.54) is 0 Å². The maximum atomic E-state index is 3.50. The molecule has 0 aromatic carbocycles. The monoisotopic (exact) mass is 112 g/mol. The zero-order valence-corrected chi connectivity index (χ0v) is 4.95. The van der Waals surface area contributed by atoms with Gasteiger partial charge >= 0.3 is 0 Å². The lowest BCUT2D eigenvalue weighted by atomic mass is 10.8. The third-order valence-corrected chi connectivity index (χ3v) is 1.05. The van der Waals surface area contributed by atoms with E-state index < -0.39 is 0 Å². The third-order valence-electron chi connectivity index (χ3n) is 0.350. The fraction of sp³-hybridized carbons (Fsp3) is 0. The first-order chi connectivity index (χ1) is 3.41. The smallest absolute Gasteiger partial charge is 0.0385 e. The lowest BCUT2D eigenvalue weighted by Crippen LogP contribution is -1.54. The Hall–Kier alpha value is -0.170. The van der Waals surface area contributed by atoms with Crippen LogP contribution in [-0.4, -0.2) is 0 Å². The summed E-state index contributed by atoms with van der Waals surface area (Å²) in [5.41, 5.74) is 0. The van der Waals surface area contributed by atoms with Crippen molar-refractivity contribution in [1.29, 1.82) is 0 Å². The van der Waals surface area contributed by atoms with Gasteiger partial charge in [-0.15, -0.1) is 24.9 Å². The zero-order chi connectivity index (χ0) is 5.54. The van der Waals surface area contributed by atoms with E-state index in [-0.39, 0.29) is 0 Å². The van der Waals surface area contributed by atoms with Crippen LogP contribution in [0.25, 0.3) is 0 Å². The second kappa shape index (κ2) is 5.83. The molecule has 0 aliphatic heterocycles.